The summed E-state index contributed by atoms with van der Waals surface area (Å²) in [5, 5.41) is 7.31. The second kappa shape index (κ2) is 5.33. The molecule has 0 amide bonds. The highest BCUT2D eigenvalue weighted by Gasteiger charge is 2.15. The highest BCUT2D eigenvalue weighted by molar-refractivity contribution is 5.60. The smallest absolute Gasteiger partial charge is 0.171 e. The third kappa shape index (κ3) is 2.44. The summed E-state index contributed by atoms with van der Waals surface area (Å²) < 4.78 is 5.40. The molecule has 94 valence electrons. The lowest BCUT2D eigenvalue weighted by molar-refractivity contribution is 0.233. The van der Waals surface area contributed by atoms with Gasteiger partial charge in [0, 0.05) is 43.9 Å². The van der Waals surface area contributed by atoms with E-state index in [1.165, 1.54) is 5.56 Å². The highest BCUT2D eigenvalue weighted by Crippen LogP contribution is 2.24. The Morgan fingerprint density at radius 1 is 1.17 bits per heavy atom. The van der Waals surface area contributed by atoms with E-state index in [0.717, 1.165) is 44.0 Å². The normalized spacial score (nSPS) is 16.9. The van der Waals surface area contributed by atoms with Crippen LogP contribution < -0.4 is 5.32 Å². The monoisotopic (exact) mass is 243 g/mol. The van der Waals surface area contributed by atoms with Crippen LogP contribution in [0.3, 0.4) is 0 Å². The Bertz CT molecular complexity index is 489. The Labute approximate surface area is 107 Å². The molecule has 0 spiro atoms. The zero-order valence-electron chi connectivity index (χ0n) is 10.3. The van der Waals surface area contributed by atoms with Crippen LogP contribution in [0.4, 0.5) is 0 Å². The topological polar surface area (TPSA) is 41.3 Å². The van der Waals surface area contributed by atoms with Crippen LogP contribution in [0, 0.1) is 0 Å². The van der Waals surface area contributed by atoms with Gasteiger partial charge in [0.05, 0.1) is 6.20 Å². The maximum absolute atomic E-state index is 5.40. The minimum atomic E-state index is 0.897. The first-order valence-electron chi connectivity index (χ1n) is 6.35. The number of aromatic nitrogens is 1. The lowest BCUT2D eigenvalue weighted by Gasteiger charge is -2.26. The number of benzene rings is 1. The molecule has 0 bridgehead atoms. The largest absolute Gasteiger partial charge is 0.356 e. The van der Waals surface area contributed by atoms with Gasteiger partial charge in [-0.15, -0.1) is 0 Å². The molecule has 1 fully saturated rings. The number of hydrogen-bond donors (Lipinski definition) is 1. The van der Waals surface area contributed by atoms with Crippen molar-refractivity contribution < 1.29 is 4.52 Å². The van der Waals surface area contributed by atoms with Gasteiger partial charge in [-0.2, -0.15) is 0 Å². The van der Waals surface area contributed by atoms with Crippen molar-refractivity contribution in [2.24, 2.45) is 0 Å². The van der Waals surface area contributed by atoms with Crippen LogP contribution in [0.5, 0.6) is 0 Å². The molecule has 2 heterocycles. The minimum Gasteiger partial charge on any atom is -0.356 e. The molecular formula is C14H17N3O. The zero-order valence-corrected chi connectivity index (χ0v) is 10.3. The maximum Gasteiger partial charge on any atom is 0.171 e. The van der Waals surface area contributed by atoms with E-state index in [0.29, 0.717) is 0 Å². The molecule has 0 atom stereocenters. The number of rotatable bonds is 3. The van der Waals surface area contributed by atoms with Gasteiger partial charge in [-0.3, -0.25) is 4.90 Å². The molecule has 3 rings (SSSR count). The average Bonchev–Trinajstić information content (AvgIpc) is 2.89. The second-order valence-corrected chi connectivity index (χ2v) is 4.57. The summed E-state index contributed by atoms with van der Waals surface area (Å²) in [6, 6.07) is 10.2. The van der Waals surface area contributed by atoms with E-state index in [9.17, 15) is 0 Å². The molecule has 1 N–H and O–H groups in total. The standard InChI is InChI=1S/C14H17N3O/c1-2-4-12(5-3-1)14-13(10-16-18-14)11-17-8-6-15-7-9-17/h1-5,10,15H,6-9,11H2. The molecule has 4 heteroatoms. The third-order valence-electron chi connectivity index (χ3n) is 3.28. The van der Waals surface area contributed by atoms with Crippen LogP contribution in [-0.4, -0.2) is 36.2 Å². The molecule has 1 aliphatic heterocycles. The number of nitrogens with one attached hydrogen (secondary N) is 1. The van der Waals surface area contributed by atoms with Crippen LogP contribution >= 0.6 is 0 Å². The summed E-state index contributed by atoms with van der Waals surface area (Å²) in [4.78, 5) is 2.43. The van der Waals surface area contributed by atoms with Gasteiger partial charge in [0.25, 0.3) is 0 Å². The van der Waals surface area contributed by atoms with Gasteiger partial charge in [-0.1, -0.05) is 35.5 Å². The molecule has 18 heavy (non-hydrogen) atoms. The number of hydrogen-bond acceptors (Lipinski definition) is 4. The summed E-state index contributed by atoms with van der Waals surface area (Å²) in [5.74, 6) is 0.897. The minimum absolute atomic E-state index is 0.897. The lowest BCUT2D eigenvalue weighted by atomic mass is 10.1. The first kappa shape index (κ1) is 11.4. The van der Waals surface area contributed by atoms with Crippen molar-refractivity contribution in [3.05, 3.63) is 42.1 Å². The first-order valence-corrected chi connectivity index (χ1v) is 6.35. The average molecular weight is 243 g/mol. The van der Waals surface area contributed by atoms with E-state index in [1.54, 1.807) is 0 Å². The summed E-state index contributed by atoms with van der Waals surface area (Å²) in [6.07, 6.45) is 1.84. The molecule has 0 aliphatic carbocycles. The number of piperazine rings is 1. The number of nitrogens with zero attached hydrogens (tertiary/aromatic N) is 2. The van der Waals surface area contributed by atoms with Gasteiger partial charge in [-0.05, 0) is 0 Å². The van der Waals surface area contributed by atoms with Crippen molar-refractivity contribution in [2.75, 3.05) is 26.2 Å². The van der Waals surface area contributed by atoms with Crippen LogP contribution in [-0.2, 0) is 6.54 Å². The van der Waals surface area contributed by atoms with E-state index in [4.69, 9.17) is 4.52 Å². The molecule has 1 aliphatic rings. The Morgan fingerprint density at radius 2 is 1.94 bits per heavy atom. The Kier molecular flexibility index (Phi) is 3.39. The molecule has 0 unspecified atom stereocenters. The first-order chi connectivity index (χ1) is 8.93. The van der Waals surface area contributed by atoms with Gasteiger partial charge in [0.2, 0.25) is 0 Å². The molecule has 1 saturated heterocycles. The zero-order chi connectivity index (χ0) is 12.2. The van der Waals surface area contributed by atoms with E-state index in [-0.39, 0.29) is 0 Å². The highest BCUT2D eigenvalue weighted by atomic mass is 16.5. The van der Waals surface area contributed by atoms with Gasteiger partial charge in [0.1, 0.15) is 0 Å². The predicted octanol–water partition coefficient (Wildman–Crippen LogP) is 1.75. The quantitative estimate of drug-likeness (QED) is 0.891. The van der Waals surface area contributed by atoms with Gasteiger partial charge >= 0.3 is 0 Å². The van der Waals surface area contributed by atoms with Crippen molar-refractivity contribution in [3.8, 4) is 11.3 Å². The molecular weight excluding hydrogens is 226 g/mol. The van der Waals surface area contributed by atoms with Crippen LogP contribution in [0.25, 0.3) is 11.3 Å². The van der Waals surface area contributed by atoms with Crippen molar-refractivity contribution in [3.63, 3.8) is 0 Å². The Hall–Kier alpha value is -1.65. The molecule has 0 saturated carbocycles. The van der Waals surface area contributed by atoms with Crippen molar-refractivity contribution >= 4 is 0 Å². The second-order valence-electron chi connectivity index (χ2n) is 4.57. The molecule has 1 aromatic carbocycles. The fraction of sp³-hybridized carbons (Fsp3) is 0.357. The van der Waals surface area contributed by atoms with E-state index in [1.807, 2.05) is 24.4 Å². The van der Waals surface area contributed by atoms with E-state index in [2.05, 4.69) is 27.5 Å². The molecule has 0 radical (unpaired) electrons. The van der Waals surface area contributed by atoms with E-state index >= 15 is 0 Å². The van der Waals surface area contributed by atoms with Crippen LogP contribution in [0.1, 0.15) is 5.56 Å². The van der Waals surface area contributed by atoms with Gasteiger partial charge in [0.15, 0.2) is 5.76 Å². The fourth-order valence-electron chi connectivity index (χ4n) is 2.31. The maximum atomic E-state index is 5.40. The Morgan fingerprint density at radius 3 is 2.72 bits per heavy atom. The summed E-state index contributed by atoms with van der Waals surface area (Å²) in [5.41, 5.74) is 2.27. The molecule has 1 aromatic heterocycles. The molecule has 2 aromatic rings. The van der Waals surface area contributed by atoms with Gasteiger partial charge in [-0.25, -0.2) is 0 Å². The van der Waals surface area contributed by atoms with Crippen molar-refractivity contribution in [1.29, 1.82) is 0 Å². The lowest BCUT2D eigenvalue weighted by Crippen LogP contribution is -2.42. The van der Waals surface area contributed by atoms with Crippen molar-refractivity contribution in [2.45, 2.75) is 6.54 Å². The van der Waals surface area contributed by atoms with Crippen molar-refractivity contribution in [1.82, 2.24) is 15.4 Å². The SMILES string of the molecule is c1ccc(-c2oncc2CN2CCNCC2)cc1. The predicted molar refractivity (Wildman–Crippen MR) is 70.1 cm³/mol. The van der Waals surface area contributed by atoms with Crippen LogP contribution in [0.2, 0.25) is 0 Å². The van der Waals surface area contributed by atoms with Crippen LogP contribution in [0.15, 0.2) is 41.1 Å². The summed E-state index contributed by atoms with van der Waals surface area (Å²) in [7, 11) is 0. The third-order valence-corrected chi connectivity index (χ3v) is 3.28. The fourth-order valence-corrected chi connectivity index (χ4v) is 2.31. The summed E-state index contributed by atoms with van der Waals surface area (Å²) >= 11 is 0. The van der Waals surface area contributed by atoms with E-state index < -0.39 is 0 Å². The summed E-state index contributed by atoms with van der Waals surface area (Å²) in [6.45, 7) is 5.20. The van der Waals surface area contributed by atoms with Gasteiger partial charge < -0.3 is 9.84 Å². The molecule has 4 nitrogen and oxygen atoms in total. The Balaban J connectivity index is 1.79.